The number of rotatable bonds is 4. The molecule has 0 unspecified atom stereocenters. The van der Waals surface area contributed by atoms with Crippen LogP contribution in [0.25, 0.3) is 11.4 Å². The highest BCUT2D eigenvalue weighted by Crippen LogP contribution is 2.33. The average molecular weight is 365 g/mol. The Morgan fingerprint density at radius 2 is 1.92 bits per heavy atom. The standard InChI is InChI=1S/C15H10F3N5O3/c1-23-21-12(20-22-23)11-6-8(14(24)25)7-19-13(11)26-10-4-2-9(3-5-10)15(16,17)18/h2-7H,1H3,(H,24,25). The molecule has 0 aliphatic rings. The van der Waals surface area contributed by atoms with Crippen molar-refractivity contribution in [3.05, 3.63) is 47.7 Å². The van der Waals surface area contributed by atoms with E-state index in [-0.39, 0.29) is 28.6 Å². The first kappa shape index (κ1) is 17.3. The van der Waals surface area contributed by atoms with Crippen LogP contribution in [0.2, 0.25) is 0 Å². The molecule has 0 saturated heterocycles. The molecule has 3 aromatic rings. The summed E-state index contributed by atoms with van der Waals surface area (Å²) in [5.74, 6) is -1.14. The van der Waals surface area contributed by atoms with Gasteiger partial charge in [0.1, 0.15) is 5.75 Å². The number of carbonyl (C=O) groups is 1. The lowest BCUT2D eigenvalue weighted by Crippen LogP contribution is -2.04. The minimum Gasteiger partial charge on any atom is -0.478 e. The number of aryl methyl sites for hydroxylation is 1. The molecule has 0 amide bonds. The number of aromatic nitrogens is 5. The Balaban J connectivity index is 1.98. The van der Waals surface area contributed by atoms with Gasteiger partial charge in [-0.25, -0.2) is 9.78 Å². The minimum absolute atomic E-state index is 0.0602. The molecule has 8 nitrogen and oxygen atoms in total. The first-order valence-electron chi connectivity index (χ1n) is 7.07. The van der Waals surface area contributed by atoms with E-state index in [1.807, 2.05) is 0 Å². The summed E-state index contributed by atoms with van der Waals surface area (Å²) in [5.41, 5.74) is -0.819. The normalized spacial score (nSPS) is 11.4. The minimum atomic E-state index is -4.46. The number of ether oxygens (including phenoxy) is 1. The molecule has 0 spiro atoms. The van der Waals surface area contributed by atoms with Crippen molar-refractivity contribution in [1.82, 2.24) is 25.2 Å². The number of tetrazole rings is 1. The number of pyridine rings is 1. The maximum atomic E-state index is 12.6. The maximum absolute atomic E-state index is 12.6. The van der Waals surface area contributed by atoms with Crippen LogP contribution in [0.4, 0.5) is 13.2 Å². The van der Waals surface area contributed by atoms with Gasteiger partial charge < -0.3 is 9.84 Å². The first-order valence-corrected chi connectivity index (χ1v) is 7.07. The predicted molar refractivity (Wildman–Crippen MR) is 80.5 cm³/mol. The van der Waals surface area contributed by atoms with Gasteiger partial charge in [0.2, 0.25) is 11.7 Å². The molecule has 26 heavy (non-hydrogen) atoms. The second-order valence-electron chi connectivity index (χ2n) is 5.11. The third-order valence-electron chi connectivity index (χ3n) is 3.24. The number of carboxylic acids is 1. The quantitative estimate of drug-likeness (QED) is 0.758. The number of nitrogens with zero attached hydrogens (tertiary/aromatic N) is 5. The summed E-state index contributed by atoms with van der Waals surface area (Å²) < 4.78 is 43.3. The Morgan fingerprint density at radius 3 is 2.46 bits per heavy atom. The molecule has 3 rings (SSSR count). The van der Waals surface area contributed by atoms with Crippen molar-refractivity contribution in [3.63, 3.8) is 0 Å². The molecule has 0 atom stereocenters. The van der Waals surface area contributed by atoms with Gasteiger partial charge in [0.15, 0.2) is 0 Å². The van der Waals surface area contributed by atoms with Crippen molar-refractivity contribution >= 4 is 5.97 Å². The average Bonchev–Trinajstić information content (AvgIpc) is 3.01. The van der Waals surface area contributed by atoms with Gasteiger partial charge in [-0.05, 0) is 35.5 Å². The second kappa shape index (κ2) is 6.43. The van der Waals surface area contributed by atoms with Crippen molar-refractivity contribution < 1.29 is 27.8 Å². The van der Waals surface area contributed by atoms with Crippen LogP contribution in [0.1, 0.15) is 15.9 Å². The lowest BCUT2D eigenvalue weighted by atomic mass is 10.2. The van der Waals surface area contributed by atoms with E-state index in [1.165, 1.54) is 13.1 Å². The van der Waals surface area contributed by atoms with Gasteiger partial charge in [-0.3, -0.25) is 0 Å². The molecule has 11 heteroatoms. The summed E-state index contributed by atoms with van der Waals surface area (Å²) in [6.07, 6.45) is -3.41. The molecular weight excluding hydrogens is 355 g/mol. The van der Waals surface area contributed by atoms with Crippen LogP contribution in [0.3, 0.4) is 0 Å². The molecule has 0 aliphatic heterocycles. The number of carboxylic acid groups (broad SMARTS) is 1. The van der Waals surface area contributed by atoms with E-state index in [2.05, 4.69) is 20.4 Å². The van der Waals surface area contributed by atoms with Crippen molar-refractivity contribution in [2.45, 2.75) is 6.18 Å². The molecule has 2 heterocycles. The van der Waals surface area contributed by atoms with Gasteiger partial charge in [-0.15, -0.1) is 10.2 Å². The van der Waals surface area contributed by atoms with Crippen LogP contribution < -0.4 is 4.74 Å². The van der Waals surface area contributed by atoms with E-state index >= 15 is 0 Å². The summed E-state index contributed by atoms with van der Waals surface area (Å²) in [6.45, 7) is 0. The van der Waals surface area contributed by atoms with Gasteiger partial charge in [0.25, 0.3) is 0 Å². The highest BCUT2D eigenvalue weighted by Gasteiger charge is 2.30. The number of hydrogen-bond donors (Lipinski definition) is 1. The SMILES string of the molecule is Cn1nnc(-c2cc(C(=O)O)cnc2Oc2ccc(C(F)(F)F)cc2)n1. The molecule has 1 N–H and O–H groups in total. The molecule has 0 radical (unpaired) electrons. The lowest BCUT2D eigenvalue weighted by Gasteiger charge is -2.10. The zero-order valence-electron chi connectivity index (χ0n) is 13.1. The van der Waals surface area contributed by atoms with E-state index < -0.39 is 17.7 Å². The molecule has 2 aromatic heterocycles. The van der Waals surface area contributed by atoms with Crippen LogP contribution >= 0.6 is 0 Å². The highest BCUT2D eigenvalue weighted by atomic mass is 19.4. The molecule has 0 saturated carbocycles. The molecule has 0 aliphatic carbocycles. The Morgan fingerprint density at radius 1 is 1.23 bits per heavy atom. The Labute approximate surface area is 143 Å². The summed E-state index contributed by atoms with van der Waals surface area (Å²) in [7, 11) is 1.52. The maximum Gasteiger partial charge on any atom is 0.416 e. The van der Waals surface area contributed by atoms with Crippen LogP contribution in [0.15, 0.2) is 36.5 Å². The van der Waals surface area contributed by atoms with Gasteiger partial charge in [0, 0.05) is 6.20 Å². The fourth-order valence-electron chi connectivity index (χ4n) is 2.03. The van der Waals surface area contributed by atoms with Gasteiger partial charge in [-0.2, -0.15) is 18.0 Å². The number of alkyl halides is 3. The third-order valence-corrected chi connectivity index (χ3v) is 3.24. The molecule has 0 bridgehead atoms. The second-order valence-corrected chi connectivity index (χ2v) is 5.11. The summed E-state index contributed by atoms with van der Waals surface area (Å²) >= 11 is 0. The van der Waals surface area contributed by atoms with Crippen LogP contribution in [-0.2, 0) is 13.2 Å². The third kappa shape index (κ3) is 3.61. The topological polar surface area (TPSA) is 103 Å². The Kier molecular flexibility index (Phi) is 4.28. The smallest absolute Gasteiger partial charge is 0.416 e. The summed E-state index contributed by atoms with van der Waals surface area (Å²) in [5, 5.41) is 20.5. The van der Waals surface area contributed by atoms with Crippen LogP contribution in [0, 0.1) is 0 Å². The van der Waals surface area contributed by atoms with E-state index in [9.17, 15) is 18.0 Å². The predicted octanol–water partition coefficient (Wildman–Crippen LogP) is 2.78. The zero-order chi connectivity index (χ0) is 18.9. The van der Waals surface area contributed by atoms with Crippen molar-refractivity contribution in [3.8, 4) is 23.0 Å². The van der Waals surface area contributed by atoms with Gasteiger partial charge in [0.05, 0.1) is 23.7 Å². The Bertz CT molecular complexity index is 954. The van der Waals surface area contributed by atoms with Crippen LogP contribution in [0.5, 0.6) is 11.6 Å². The van der Waals surface area contributed by atoms with Crippen LogP contribution in [-0.4, -0.2) is 36.3 Å². The van der Waals surface area contributed by atoms with Crippen molar-refractivity contribution in [1.29, 1.82) is 0 Å². The fourth-order valence-corrected chi connectivity index (χ4v) is 2.03. The fraction of sp³-hybridized carbons (Fsp3) is 0.133. The van der Waals surface area contributed by atoms with Crippen molar-refractivity contribution in [2.24, 2.45) is 7.05 Å². The van der Waals surface area contributed by atoms with E-state index in [1.54, 1.807) is 0 Å². The monoisotopic (exact) mass is 365 g/mol. The molecular formula is C15H10F3N5O3. The summed E-state index contributed by atoms with van der Waals surface area (Å²) in [4.78, 5) is 16.2. The van der Waals surface area contributed by atoms with E-state index in [0.717, 1.165) is 35.3 Å². The largest absolute Gasteiger partial charge is 0.478 e. The zero-order valence-corrected chi connectivity index (χ0v) is 13.1. The lowest BCUT2D eigenvalue weighted by molar-refractivity contribution is -0.137. The molecule has 0 fully saturated rings. The number of aromatic carboxylic acids is 1. The molecule has 1 aromatic carbocycles. The van der Waals surface area contributed by atoms with Crippen molar-refractivity contribution in [2.75, 3.05) is 0 Å². The van der Waals surface area contributed by atoms with E-state index in [0.29, 0.717) is 0 Å². The van der Waals surface area contributed by atoms with E-state index in [4.69, 9.17) is 9.84 Å². The number of hydrogen-bond acceptors (Lipinski definition) is 6. The summed E-state index contributed by atoms with van der Waals surface area (Å²) in [6, 6.07) is 5.22. The first-order chi connectivity index (χ1) is 12.2. The van der Waals surface area contributed by atoms with Gasteiger partial charge in [-0.1, -0.05) is 0 Å². The highest BCUT2D eigenvalue weighted by molar-refractivity contribution is 5.89. The number of benzene rings is 1. The number of halogens is 3. The van der Waals surface area contributed by atoms with Gasteiger partial charge >= 0.3 is 12.1 Å². The molecule has 134 valence electrons. The Hall–Kier alpha value is -3.50.